The number of fused-ring (bicyclic) bond motifs is 3. The van der Waals surface area contributed by atoms with Crippen LogP contribution >= 0.6 is 11.3 Å². The zero-order valence-corrected chi connectivity index (χ0v) is 18.9. The summed E-state index contributed by atoms with van der Waals surface area (Å²) in [6.07, 6.45) is 4.90. The van der Waals surface area contributed by atoms with Crippen molar-refractivity contribution >= 4 is 40.4 Å². The smallest absolute Gasteiger partial charge is 0.253 e. The van der Waals surface area contributed by atoms with Gasteiger partial charge < -0.3 is 15.1 Å². The molecule has 1 aromatic heterocycles. The van der Waals surface area contributed by atoms with Gasteiger partial charge in [0.1, 0.15) is 12.6 Å². The molecule has 8 heteroatoms. The van der Waals surface area contributed by atoms with Gasteiger partial charge in [-0.15, -0.1) is 11.3 Å². The Bertz CT molecular complexity index is 1020. The molecule has 3 aliphatic rings. The van der Waals surface area contributed by atoms with E-state index in [1.165, 1.54) is 0 Å². The highest BCUT2D eigenvalue weighted by atomic mass is 32.1. The molecular formula is C24H28N4O3S. The normalized spacial score (nSPS) is 20.2. The second-order valence-electron chi connectivity index (χ2n) is 8.69. The number of benzene rings is 1. The first-order chi connectivity index (χ1) is 15.6. The average molecular weight is 453 g/mol. The van der Waals surface area contributed by atoms with Crippen LogP contribution in [0.1, 0.15) is 47.3 Å². The Hall–Kier alpha value is -2.87. The summed E-state index contributed by atoms with van der Waals surface area (Å²) in [7, 11) is 0. The van der Waals surface area contributed by atoms with Crippen LogP contribution in [0.5, 0.6) is 0 Å². The van der Waals surface area contributed by atoms with E-state index in [9.17, 15) is 14.4 Å². The van der Waals surface area contributed by atoms with Gasteiger partial charge >= 0.3 is 0 Å². The van der Waals surface area contributed by atoms with Gasteiger partial charge in [0.05, 0.1) is 17.9 Å². The number of hydrogen-bond acceptors (Lipinski definition) is 5. The number of piperidine rings is 1. The number of anilines is 2. The van der Waals surface area contributed by atoms with E-state index in [1.54, 1.807) is 16.2 Å². The molecular weight excluding hydrogens is 424 g/mol. The summed E-state index contributed by atoms with van der Waals surface area (Å²) in [6.45, 7) is 2.79. The van der Waals surface area contributed by atoms with E-state index in [4.69, 9.17) is 0 Å². The molecule has 1 N–H and O–H groups in total. The molecule has 2 aromatic rings. The van der Waals surface area contributed by atoms with Gasteiger partial charge in [0.25, 0.3) is 5.91 Å². The molecule has 1 atom stereocenters. The maximum atomic E-state index is 13.4. The monoisotopic (exact) mass is 452 g/mol. The quantitative estimate of drug-likeness (QED) is 0.757. The maximum Gasteiger partial charge on any atom is 0.253 e. The number of nitrogens with zero attached hydrogens (tertiary/aromatic N) is 3. The Morgan fingerprint density at radius 3 is 2.62 bits per heavy atom. The zero-order chi connectivity index (χ0) is 22.1. The van der Waals surface area contributed by atoms with Crippen molar-refractivity contribution in [2.45, 2.75) is 44.7 Å². The van der Waals surface area contributed by atoms with Crippen molar-refractivity contribution in [2.24, 2.45) is 0 Å². The van der Waals surface area contributed by atoms with E-state index < -0.39 is 0 Å². The lowest BCUT2D eigenvalue weighted by atomic mass is 9.95. The van der Waals surface area contributed by atoms with E-state index in [2.05, 4.69) is 10.2 Å². The van der Waals surface area contributed by atoms with Gasteiger partial charge in [-0.3, -0.25) is 19.3 Å². The Labute approximate surface area is 192 Å². The van der Waals surface area contributed by atoms with Gasteiger partial charge in [-0.05, 0) is 61.7 Å². The van der Waals surface area contributed by atoms with Gasteiger partial charge in [-0.1, -0.05) is 6.07 Å². The lowest BCUT2D eigenvalue weighted by molar-refractivity contribution is -0.125. The molecule has 5 rings (SSSR count). The lowest BCUT2D eigenvalue weighted by Crippen LogP contribution is -2.57. The molecule has 2 fully saturated rings. The predicted molar refractivity (Wildman–Crippen MR) is 125 cm³/mol. The largest absolute Gasteiger partial charge is 0.358 e. The third-order valence-electron chi connectivity index (χ3n) is 6.61. The van der Waals surface area contributed by atoms with Crippen molar-refractivity contribution in [2.75, 3.05) is 36.0 Å². The average Bonchev–Trinajstić information content (AvgIpc) is 3.54. The van der Waals surface area contributed by atoms with E-state index in [1.807, 2.05) is 40.6 Å². The van der Waals surface area contributed by atoms with E-state index in [0.717, 1.165) is 62.3 Å². The second-order valence-corrected chi connectivity index (χ2v) is 9.72. The minimum atomic E-state index is -0.235. The van der Waals surface area contributed by atoms with Crippen LogP contribution in [-0.4, -0.2) is 54.8 Å². The summed E-state index contributed by atoms with van der Waals surface area (Å²) < 4.78 is 0. The fourth-order valence-corrected chi connectivity index (χ4v) is 5.60. The van der Waals surface area contributed by atoms with Gasteiger partial charge in [0, 0.05) is 30.1 Å². The molecule has 3 aliphatic heterocycles. The fourth-order valence-electron chi connectivity index (χ4n) is 4.96. The first-order valence-electron chi connectivity index (χ1n) is 11.4. The number of carbonyl (C=O) groups is 3. The molecule has 0 unspecified atom stereocenters. The van der Waals surface area contributed by atoms with Gasteiger partial charge in [0.15, 0.2) is 0 Å². The molecule has 3 amide bonds. The first-order valence-corrected chi connectivity index (χ1v) is 12.3. The molecule has 4 heterocycles. The van der Waals surface area contributed by atoms with Crippen molar-refractivity contribution in [1.82, 2.24) is 10.2 Å². The van der Waals surface area contributed by atoms with E-state index in [-0.39, 0.29) is 30.3 Å². The summed E-state index contributed by atoms with van der Waals surface area (Å²) in [5.41, 5.74) is 2.20. The van der Waals surface area contributed by atoms with Crippen LogP contribution < -0.4 is 15.1 Å². The number of carbonyl (C=O) groups excluding carboxylic acids is 3. The summed E-state index contributed by atoms with van der Waals surface area (Å²) in [5, 5.41) is 4.90. The van der Waals surface area contributed by atoms with Crippen LogP contribution in [0.4, 0.5) is 11.4 Å². The van der Waals surface area contributed by atoms with Crippen molar-refractivity contribution in [3.63, 3.8) is 0 Å². The summed E-state index contributed by atoms with van der Waals surface area (Å²) in [6, 6.07) is 9.33. The first kappa shape index (κ1) is 21.0. The Morgan fingerprint density at radius 1 is 1.03 bits per heavy atom. The van der Waals surface area contributed by atoms with E-state index >= 15 is 0 Å². The lowest BCUT2D eigenvalue weighted by Gasteiger charge is -2.45. The number of amides is 3. The number of thiophene rings is 1. The van der Waals surface area contributed by atoms with Crippen LogP contribution in [-0.2, 0) is 16.1 Å². The highest BCUT2D eigenvalue weighted by Crippen LogP contribution is 2.40. The van der Waals surface area contributed by atoms with Crippen molar-refractivity contribution in [1.29, 1.82) is 0 Å². The molecule has 1 aromatic carbocycles. The molecule has 0 aliphatic carbocycles. The third-order valence-corrected chi connectivity index (χ3v) is 7.49. The Kier molecular flexibility index (Phi) is 5.87. The minimum absolute atomic E-state index is 0.000568. The maximum absolute atomic E-state index is 13.4. The molecule has 0 spiro atoms. The van der Waals surface area contributed by atoms with E-state index in [0.29, 0.717) is 17.8 Å². The molecule has 0 saturated carbocycles. The summed E-state index contributed by atoms with van der Waals surface area (Å²) >= 11 is 1.59. The van der Waals surface area contributed by atoms with Gasteiger partial charge in [-0.25, -0.2) is 0 Å². The van der Waals surface area contributed by atoms with Gasteiger partial charge in [0.2, 0.25) is 11.8 Å². The Balaban J connectivity index is 1.42. The van der Waals surface area contributed by atoms with Crippen LogP contribution in [0.2, 0.25) is 0 Å². The van der Waals surface area contributed by atoms with Crippen molar-refractivity contribution in [3.05, 3.63) is 46.2 Å². The predicted octanol–water partition coefficient (Wildman–Crippen LogP) is 3.01. The van der Waals surface area contributed by atoms with Crippen LogP contribution in [0, 0.1) is 0 Å². The van der Waals surface area contributed by atoms with Gasteiger partial charge in [-0.2, -0.15) is 0 Å². The number of hydrogen-bond donors (Lipinski definition) is 1. The van der Waals surface area contributed by atoms with Crippen molar-refractivity contribution < 1.29 is 14.4 Å². The number of nitrogens with one attached hydrogen (secondary N) is 1. The summed E-state index contributed by atoms with van der Waals surface area (Å²) in [4.78, 5) is 45.9. The standard InChI is InChI=1S/C24H28N4O3S/c29-22(25-15-18-6-5-13-32-18)16-28-21-14-17(23(30)26-10-3-4-11-26)8-9-19(21)27-12-2-1-7-20(27)24(28)31/h5-6,8-9,13-14,20H,1-4,7,10-12,15-16H2,(H,25,29)/t20-/m0/s1. The van der Waals surface area contributed by atoms with Crippen molar-refractivity contribution in [3.8, 4) is 0 Å². The fraction of sp³-hybridized carbons (Fsp3) is 0.458. The molecule has 0 bridgehead atoms. The SMILES string of the molecule is O=C(CN1C(=O)[C@@H]2CCCCN2c2ccc(C(=O)N3CCCC3)cc21)NCc1cccs1. The van der Waals surface area contributed by atoms with Crippen LogP contribution in [0.15, 0.2) is 35.7 Å². The van der Waals surface area contributed by atoms with Crippen LogP contribution in [0.3, 0.4) is 0 Å². The Morgan fingerprint density at radius 2 is 1.84 bits per heavy atom. The molecule has 7 nitrogen and oxygen atoms in total. The molecule has 168 valence electrons. The number of rotatable bonds is 5. The highest BCUT2D eigenvalue weighted by molar-refractivity contribution is 7.09. The minimum Gasteiger partial charge on any atom is -0.358 e. The summed E-state index contributed by atoms with van der Waals surface area (Å²) in [5.74, 6) is -0.243. The number of likely N-dealkylation sites (tertiary alicyclic amines) is 1. The molecule has 2 saturated heterocycles. The molecule has 0 radical (unpaired) electrons. The second kappa shape index (κ2) is 8.94. The zero-order valence-electron chi connectivity index (χ0n) is 18.1. The topological polar surface area (TPSA) is 73.0 Å². The molecule has 32 heavy (non-hydrogen) atoms. The third kappa shape index (κ3) is 3.99. The highest BCUT2D eigenvalue weighted by Gasteiger charge is 2.40. The van der Waals surface area contributed by atoms with Crippen LogP contribution in [0.25, 0.3) is 0 Å².